The molecular formula is C17H21O3P. The highest BCUT2D eigenvalue weighted by Crippen LogP contribution is 2.52. The lowest BCUT2D eigenvalue weighted by Gasteiger charge is -2.21. The minimum absolute atomic E-state index is 0.273. The van der Waals surface area contributed by atoms with E-state index in [2.05, 4.69) is 0 Å². The van der Waals surface area contributed by atoms with Crippen LogP contribution in [0, 0.1) is 13.8 Å². The highest BCUT2D eigenvalue weighted by atomic mass is 31.2. The monoisotopic (exact) mass is 304 g/mol. The highest BCUT2D eigenvalue weighted by Gasteiger charge is 2.27. The molecule has 0 amide bonds. The van der Waals surface area contributed by atoms with Gasteiger partial charge in [0, 0.05) is 0 Å². The van der Waals surface area contributed by atoms with Gasteiger partial charge in [-0.25, -0.2) is 4.57 Å². The van der Waals surface area contributed by atoms with Crippen molar-refractivity contribution in [1.29, 1.82) is 0 Å². The van der Waals surface area contributed by atoms with Gasteiger partial charge in [0.2, 0.25) is 0 Å². The van der Waals surface area contributed by atoms with Gasteiger partial charge in [0.05, 0.1) is 12.8 Å². The molecule has 0 bridgehead atoms. The van der Waals surface area contributed by atoms with Crippen LogP contribution in [0.15, 0.2) is 48.5 Å². The predicted octanol–water partition coefficient (Wildman–Crippen LogP) is 5.11. The maximum absolute atomic E-state index is 13.0. The molecule has 0 spiro atoms. The van der Waals surface area contributed by atoms with E-state index in [9.17, 15) is 4.57 Å². The van der Waals surface area contributed by atoms with Crippen LogP contribution in [-0.4, -0.2) is 6.61 Å². The second-order valence-electron chi connectivity index (χ2n) is 4.98. The van der Waals surface area contributed by atoms with Crippen molar-refractivity contribution in [3.63, 3.8) is 0 Å². The Morgan fingerprint density at radius 1 is 0.952 bits per heavy atom. The maximum atomic E-state index is 13.0. The molecular weight excluding hydrogens is 283 g/mol. The van der Waals surface area contributed by atoms with Crippen molar-refractivity contribution < 1.29 is 13.6 Å². The molecule has 2 aromatic carbocycles. The van der Waals surface area contributed by atoms with Crippen LogP contribution >= 0.6 is 7.60 Å². The van der Waals surface area contributed by atoms with E-state index in [0.717, 1.165) is 16.7 Å². The lowest BCUT2D eigenvalue weighted by molar-refractivity contribution is 0.277. The van der Waals surface area contributed by atoms with Crippen LogP contribution in [-0.2, 0) is 15.3 Å². The molecule has 112 valence electrons. The van der Waals surface area contributed by atoms with E-state index in [-0.39, 0.29) is 6.16 Å². The number of aryl methyl sites for hydroxylation is 2. The molecule has 0 aliphatic heterocycles. The summed E-state index contributed by atoms with van der Waals surface area (Å²) in [6.45, 7) is 6.07. The van der Waals surface area contributed by atoms with Crippen molar-refractivity contribution in [2.24, 2.45) is 0 Å². The lowest BCUT2D eigenvalue weighted by Crippen LogP contribution is -2.03. The van der Waals surface area contributed by atoms with Crippen molar-refractivity contribution in [3.05, 3.63) is 65.2 Å². The predicted molar refractivity (Wildman–Crippen MR) is 85.9 cm³/mol. The molecule has 21 heavy (non-hydrogen) atoms. The fraction of sp³-hybridized carbons (Fsp3) is 0.294. The first-order valence-electron chi connectivity index (χ1n) is 7.07. The second kappa shape index (κ2) is 6.93. The molecule has 4 heteroatoms. The Labute approximate surface area is 126 Å². The van der Waals surface area contributed by atoms with E-state index >= 15 is 0 Å². The summed E-state index contributed by atoms with van der Waals surface area (Å²) >= 11 is 0. The first-order valence-corrected chi connectivity index (χ1v) is 8.80. The molecule has 0 heterocycles. The highest BCUT2D eigenvalue weighted by molar-refractivity contribution is 7.53. The van der Waals surface area contributed by atoms with E-state index in [1.807, 2.05) is 69.3 Å². The molecule has 0 aliphatic rings. The summed E-state index contributed by atoms with van der Waals surface area (Å²) in [4.78, 5) is 0. The Hall–Kier alpha value is -1.57. The molecule has 1 atom stereocenters. The van der Waals surface area contributed by atoms with Crippen LogP contribution < -0.4 is 4.52 Å². The summed E-state index contributed by atoms with van der Waals surface area (Å²) in [6.07, 6.45) is 0.273. The van der Waals surface area contributed by atoms with Gasteiger partial charge >= 0.3 is 7.60 Å². The largest absolute Gasteiger partial charge is 0.424 e. The molecule has 2 rings (SSSR count). The van der Waals surface area contributed by atoms with Crippen LogP contribution in [0.5, 0.6) is 5.75 Å². The summed E-state index contributed by atoms with van der Waals surface area (Å²) < 4.78 is 24.3. The lowest BCUT2D eigenvalue weighted by atomic mass is 10.1. The van der Waals surface area contributed by atoms with Crippen LogP contribution in [0.4, 0.5) is 0 Å². The first-order chi connectivity index (χ1) is 10.0. The third kappa shape index (κ3) is 4.20. The third-order valence-corrected chi connectivity index (χ3v) is 5.05. The van der Waals surface area contributed by atoms with Gasteiger partial charge in [-0.1, -0.05) is 48.5 Å². The zero-order valence-electron chi connectivity index (χ0n) is 12.7. The van der Waals surface area contributed by atoms with E-state index in [1.54, 1.807) is 0 Å². The topological polar surface area (TPSA) is 35.5 Å². The van der Waals surface area contributed by atoms with Crippen molar-refractivity contribution >= 4 is 7.60 Å². The van der Waals surface area contributed by atoms with Crippen molar-refractivity contribution in [1.82, 2.24) is 0 Å². The number of hydrogen-bond donors (Lipinski definition) is 0. The van der Waals surface area contributed by atoms with E-state index in [4.69, 9.17) is 9.05 Å². The van der Waals surface area contributed by atoms with Gasteiger partial charge in [-0.15, -0.1) is 0 Å². The van der Waals surface area contributed by atoms with E-state index < -0.39 is 7.60 Å². The molecule has 0 radical (unpaired) electrons. The molecule has 0 aromatic heterocycles. The Balaban J connectivity index is 2.28. The van der Waals surface area contributed by atoms with Gasteiger partial charge in [-0.3, -0.25) is 4.52 Å². The summed E-state index contributed by atoms with van der Waals surface area (Å²) in [5.41, 5.74) is 2.87. The zero-order valence-corrected chi connectivity index (χ0v) is 13.6. The number of hydrogen-bond acceptors (Lipinski definition) is 3. The van der Waals surface area contributed by atoms with Gasteiger partial charge in [-0.2, -0.15) is 0 Å². The normalized spacial score (nSPS) is 13.7. The minimum Gasteiger partial charge on any atom is -0.424 e. The zero-order chi connectivity index (χ0) is 15.3. The van der Waals surface area contributed by atoms with Gasteiger partial charge in [0.25, 0.3) is 0 Å². The van der Waals surface area contributed by atoms with E-state index in [1.165, 1.54) is 0 Å². The standard InChI is InChI=1S/C17H21O3P/c1-4-19-21(18,13-16-11-6-5-7-12-16)20-17-14(2)9-8-10-15(17)3/h5-12H,4,13H2,1-3H3. The van der Waals surface area contributed by atoms with Crippen LogP contribution in [0.25, 0.3) is 0 Å². The summed E-state index contributed by atoms with van der Waals surface area (Å²) in [5.74, 6) is 0.658. The molecule has 0 aliphatic carbocycles. The molecule has 2 aromatic rings. The summed E-state index contributed by atoms with van der Waals surface area (Å²) in [5, 5.41) is 0. The number of rotatable bonds is 6. The molecule has 0 saturated heterocycles. The Kier molecular flexibility index (Phi) is 5.22. The second-order valence-corrected chi connectivity index (χ2v) is 6.96. The fourth-order valence-electron chi connectivity index (χ4n) is 2.19. The van der Waals surface area contributed by atoms with E-state index in [0.29, 0.717) is 12.4 Å². The van der Waals surface area contributed by atoms with Crippen molar-refractivity contribution in [2.45, 2.75) is 26.9 Å². The average Bonchev–Trinajstić information content (AvgIpc) is 2.44. The van der Waals surface area contributed by atoms with Gasteiger partial charge in [0.15, 0.2) is 0 Å². The van der Waals surface area contributed by atoms with Crippen molar-refractivity contribution in [2.75, 3.05) is 6.61 Å². The average molecular weight is 304 g/mol. The quantitative estimate of drug-likeness (QED) is 0.695. The molecule has 0 saturated carbocycles. The Morgan fingerprint density at radius 3 is 2.14 bits per heavy atom. The smallest absolute Gasteiger partial charge is 0.383 e. The molecule has 0 fully saturated rings. The van der Waals surface area contributed by atoms with Crippen molar-refractivity contribution in [3.8, 4) is 5.75 Å². The molecule has 3 nitrogen and oxygen atoms in total. The van der Waals surface area contributed by atoms with Crippen LogP contribution in [0.1, 0.15) is 23.6 Å². The maximum Gasteiger partial charge on any atom is 0.383 e. The van der Waals surface area contributed by atoms with Gasteiger partial charge < -0.3 is 4.52 Å². The van der Waals surface area contributed by atoms with Gasteiger partial charge in [-0.05, 0) is 37.5 Å². The summed E-state index contributed by atoms with van der Waals surface area (Å²) in [6, 6.07) is 15.5. The number of benzene rings is 2. The first kappa shape index (κ1) is 15.8. The fourth-order valence-corrected chi connectivity index (χ4v) is 4.02. The Morgan fingerprint density at radius 2 is 1.57 bits per heavy atom. The minimum atomic E-state index is -3.22. The SMILES string of the molecule is CCOP(=O)(Cc1ccccc1)Oc1c(C)cccc1C. The Bertz CT molecular complexity index is 617. The van der Waals surface area contributed by atoms with Crippen LogP contribution in [0.3, 0.4) is 0 Å². The third-order valence-electron chi connectivity index (χ3n) is 3.18. The van der Waals surface area contributed by atoms with Crippen LogP contribution in [0.2, 0.25) is 0 Å². The summed E-state index contributed by atoms with van der Waals surface area (Å²) in [7, 11) is -3.22. The molecule has 0 N–H and O–H groups in total. The van der Waals surface area contributed by atoms with Gasteiger partial charge in [0.1, 0.15) is 5.75 Å². The number of para-hydroxylation sites is 1. The molecule has 1 unspecified atom stereocenters.